The highest BCUT2D eigenvalue weighted by molar-refractivity contribution is 5.97. The van der Waals surface area contributed by atoms with Crippen molar-refractivity contribution in [3.05, 3.63) is 69.5 Å². The maximum Gasteiger partial charge on any atom is 0.358 e. The first-order valence-electron chi connectivity index (χ1n) is 9.12. The molecule has 0 aliphatic rings. The van der Waals surface area contributed by atoms with Crippen molar-refractivity contribution in [2.24, 2.45) is 12.8 Å². The molecule has 9 nitrogen and oxygen atoms in total. The largest absolute Gasteiger partial charge is 0.489 e. The van der Waals surface area contributed by atoms with Gasteiger partial charge in [-0.2, -0.15) is 5.26 Å². The second-order valence-corrected chi connectivity index (χ2v) is 6.55. The average Bonchev–Trinajstić information content (AvgIpc) is 2.74. The van der Waals surface area contributed by atoms with Crippen LogP contribution in [0.15, 0.2) is 41.3 Å². The van der Waals surface area contributed by atoms with Gasteiger partial charge in [0, 0.05) is 25.2 Å². The van der Waals surface area contributed by atoms with Crippen LogP contribution in [0.4, 0.5) is 0 Å². The average molecular weight is 410 g/mol. The molecule has 0 spiro atoms. The van der Waals surface area contributed by atoms with E-state index in [1.165, 1.54) is 24.9 Å². The van der Waals surface area contributed by atoms with E-state index in [4.69, 9.17) is 10.5 Å². The number of nitrogens with one attached hydrogen (secondary N) is 1. The van der Waals surface area contributed by atoms with Crippen LogP contribution in [0.5, 0.6) is 5.75 Å². The van der Waals surface area contributed by atoms with Gasteiger partial charge in [0.1, 0.15) is 12.9 Å². The maximum atomic E-state index is 12.7. The highest BCUT2D eigenvalue weighted by Crippen LogP contribution is 2.34. The third-order valence-electron chi connectivity index (χ3n) is 4.91. The molecule has 0 saturated heterocycles. The van der Waals surface area contributed by atoms with Gasteiger partial charge in [0.05, 0.1) is 24.7 Å². The van der Waals surface area contributed by atoms with E-state index in [-0.39, 0.29) is 11.6 Å². The number of carbonyl (C=O) groups is 1. The number of nitrogens with two attached hydrogens (primary N) is 1. The van der Waals surface area contributed by atoms with Gasteiger partial charge in [0.25, 0.3) is 5.56 Å². The van der Waals surface area contributed by atoms with Gasteiger partial charge in [0.2, 0.25) is 5.75 Å². The molecule has 0 bridgehead atoms. The lowest BCUT2D eigenvalue weighted by Gasteiger charge is -2.24. The molecule has 0 fully saturated rings. The minimum absolute atomic E-state index is 0.231. The number of aromatic carboxylic acids is 1. The summed E-state index contributed by atoms with van der Waals surface area (Å²) in [6, 6.07) is 9.24. The molecule has 0 aliphatic heterocycles. The molecule has 2 unspecified atom stereocenters. The Kier molecular flexibility index (Phi) is 7.09. The van der Waals surface area contributed by atoms with Crippen molar-refractivity contribution < 1.29 is 19.6 Å². The van der Waals surface area contributed by atoms with Crippen molar-refractivity contribution in [3.63, 3.8) is 0 Å². The Bertz CT molecular complexity index is 1110. The molecule has 1 aromatic carbocycles. The van der Waals surface area contributed by atoms with Gasteiger partial charge in [-0.15, -0.1) is 0 Å². The van der Waals surface area contributed by atoms with E-state index in [1.807, 2.05) is 0 Å². The molecule has 1 heterocycles. The SMILES string of the molecule is C[NH+]=C(/C=C\N)C(c1ccccc1C#N)C(C)c1nc(C(=O)O)c(OC)c(=O)n1C. The first-order valence-corrected chi connectivity index (χ1v) is 9.12. The lowest BCUT2D eigenvalue weighted by Crippen LogP contribution is -2.69. The number of hydrogen-bond donors (Lipinski definition) is 3. The number of benzene rings is 1. The number of methoxy groups -OCH3 is 1. The van der Waals surface area contributed by atoms with Gasteiger partial charge in [-0.05, 0) is 11.6 Å². The fraction of sp³-hybridized carbons (Fsp3) is 0.286. The van der Waals surface area contributed by atoms with E-state index in [0.29, 0.717) is 16.8 Å². The second-order valence-electron chi connectivity index (χ2n) is 6.55. The fourth-order valence-corrected chi connectivity index (χ4v) is 3.51. The normalized spacial score (nSPS) is 13.6. The van der Waals surface area contributed by atoms with Crippen molar-refractivity contribution in [1.29, 1.82) is 5.26 Å². The molecule has 0 radical (unpaired) electrons. The van der Waals surface area contributed by atoms with E-state index in [9.17, 15) is 20.0 Å². The Hall–Kier alpha value is -3.93. The first kappa shape index (κ1) is 22.4. The molecule has 4 N–H and O–H groups in total. The maximum absolute atomic E-state index is 12.7. The monoisotopic (exact) mass is 410 g/mol. The summed E-state index contributed by atoms with van der Waals surface area (Å²) in [4.78, 5) is 31.7. The van der Waals surface area contributed by atoms with Crippen LogP contribution in [-0.2, 0) is 7.05 Å². The predicted molar refractivity (Wildman–Crippen MR) is 111 cm³/mol. The molecule has 156 valence electrons. The minimum atomic E-state index is -1.37. The number of allylic oxidation sites excluding steroid dienone is 1. The summed E-state index contributed by atoms with van der Waals surface area (Å²) in [6.07, 6.45) is 3.03. The molecule has 0 saturated carbocycles. The van der Waals surface area contributed by atoms with Crippen molar-refractivity contribution >= 4 is 11.7 Å². The molecular formula is C21H24N5O4+. The molecule has 0 aliphatic carbocycles. The zero-order chi connectivity index (χ0) is 22.4. The van der Waals surface area contributed by atoms with E-state index < -0.39 is 29.1 Å². The van der Waals surface area contributed by atoms with Gasteiger partial charge in [-0.3, -0.25) is 9.36 Å². The van der Waals surface area contributed by atoms with Crippen molar-refractivity contribution in [1.82, 2.24) is 9.55 Å². The topological polar surface area (TPSA) is 145 Å². The number of carboxylic acids is 1. The smallest absolute Gasteiger partial charge is 0.358 e. The quantitative estimate of drug-likeness (QED) is 0.539. The van der Waals surface area contributed by atoms with Crippen molar-refractivity contribution in [3.8, 4) is 11.8 Å². The Morgan fingerprint density at radius 2 is 2.10 bits per heavy atom. The van der Waals surface area contributed by atoms with E-state index >= 15 is 0 Å². The molecular weight excluding hydrogens is 386 g/mol. The van der Waals surface area contributed by atoms with Crippen molar-refractivity contribution in [2.45, 2.75) is 18.8 Å². The Morgan fingerprint density at radius 3 is 2.63 bits per heavy atom. The third kappa shape index (κ3) is 4.07. The van der Waals surface area contributed by atoms with Crippen LogP contribution >= 0.6 is 0 Å². The molecule has 2 atom stereocenters. The molecule has 2 rings (SSSR count). The number of ether oxygens (including phenoxy) is 1. The van der Waals surface area contributed by atoms with E-state index in [0.717, 1.165) is 0 Å². The Balaban J connectivity index is 2.83. The van der Waals surface area contributed by atoms with Crippen LogP contribution in [0.3, 0.4) is 0 Å². The molecule has 2 aromatic rings. The Labute approximate surface area is 173 Å². The fourth-order valence-electron chi connectivity index (χ4n) is 3.51. The highest BCUT2D eigenvalue weighted by Gasteiger charge is 2.34. The Morgan fingerprint density at radius 1 is 1.43 bits per heavy atom. The zero-order valence-corrected chi connectivity index (χ0v) is 17.2. The summed E-state index contributed by atoms with van der Waals surface area (Å²) < 4.78 is 6.24. The molecule has 1 aromatic heterocycles. The number of nitriles is 1. The standard InChI is InChI=1S/C21H23N5O4/c1-12(19-25-17(21(28)29)18(30-4)20(27)26(19)3)16(15(24-2)9-10-22)14-8-6-5-7-13(14)11-23/h5-10,12,16H,22H2,1-4H3,(H,28,29)/p+1/b10-9-,24-15?. The summed E-state index contributed by atoms with van der Waals surface area (Å²) in [6.45, 7) is 1.81. The van der Waals surface area contributed by atoms with Gasteiger partial charge in [-0.1, -0.05) is 25.1 Å². The summed E-state index contributed by atoms with van der Waals surface area (Å²) >= 11 is 0. The predicted octanol–water partition coefficient (Wildman–Crippen LogP) is -0.130. The van der Waals surface area contributed by atoms with E-state index in [2.05, 4.69) is 16.0 Å². The summed E-state index contributed by atoms with van der Waals surface area (Å²) in [5, 5.41) is 19.1. The number of hydrogen-bond acceptors (Lipinski definition) is 6. The lowest BCUT2D eigenvalue weighted by molar-refractivity contribution is -0.421. The second kappa shape index (κ2) is 9.52. The molecule has 0 amide bonds. The van der Waals surface area contributed by atoms with Crippen LogP contribution in [-0.4, -0.2) is 40.5 Å². The summed E-state index contributed by atoms with van der Waals surface area (Å²) in [7, 11) is 4.44. The number of nitrogens with zero attached hydrogens (tertiary/aromatic N) is 3. The number of aromatic nitrogens is 2. The third-order valence-corrected chi connectivity index (χ3v) is 4.91. The molecule has 30 heavy (non-hydrogen) atoms. The van der Waals surface area contributed by atoms with Crippen LogP contribution in [0.1, 0.15) is 46.2 Å². The molecule has 9 heteroatoms. The van der Waals surface area contributed by atoms with Crippen LogP contribution in [0, 0.1) is 11.3 Å². The van der Waals surface area contributed by atoms with Gasteiger partial charge in [-0.25, -0.2) is 14.8 Å². The zero-order valence-electron chi connectivity index (χ0n) is 17.2. The van der Waals surface area contributed by atoms with Crippen molar-refractivity contribution in [2.75, 3.05) is 14.2 Å². The van der Waals surface area contributed by atoms with Gasteiger partial charge < -0.3 is 15.6 Å². The summed E-state index contributed by atoms with van der Waals surface area (Å²) in [5.74, 6) is -2.44. The lowest BCUT2D eigenvalue weighted by atomic mass is 9.80. The van der Waals surface area contributed by atoms with Crippen LogP contribution in [0.25, 0.3) is 0 Å². The number of rotatable bonds is 7. The number of carboxylic acid groups (broad SMARTS) is 1. The minimum Gasteiger partial charge on any atom is -0.489 e. The van der Waals surface area contributed by atoms with Gasteiger partial charge >= 0.3 is 5.97 Å². The summed E-state index contributed by atoms with van der Waals surface area (Å²) in [5.41, 5.74) is 6.36. The first-order chi connectivity index (χ1) is 14.3. The van der Waals surface area contributed by atoms with Gasteiger partial charge in [0.15, 0.2) is 11.4 Å². The van der Waals surface area contributed by atoms with Crippen LogP contribution in [0.2, 0.25) is 0 Å². The van der Waals surface area contributed by atoms with Crippen LogP contribution < -0.4 is 21.0 Å². The van der Waals surface area contributed by atoms with E-state index in [1.54, 1.807) is 44.3 Å². The highest BCUT2D eigenvalue weighted by atomic mass is 16.5.